The lowest BCUT2D eigenvalue weighted by atomic mass is 10.1. The first-order valence-corrected chi connectivity index (χ1v) is 14.6. The highest BCUT2D eigenvalue weighted by atomic mass is 16.5. The second kappa shape index (κ2) is 20.4. The van der Waals surface area contributed by atoms with Crippen LogP contribution in [-0.2, 0) is 9.59 Å². The van der Waals surface area contributed by atoms with Crippen LogP contribution in [0.3, 0.4) is 0 Å². The fourth-order valence-electron chi connectivity index (χ4n) is 4.45. The summed E-state index contributed by atoms with van der Waals surface area (Å²) in [4.78, 5) is 24.2. The largest absolute Gasteiger partial charge is 0.493 e. The zero-order valence-corrected chi connectivity index (χ0v) is 26.7. The van der Waals surface area contributed by atoms with Crippen LogP contribution < -0.4 is 39.3 Å². The molecule has 0 aliphatic carbocycles. The number of hydrogen-bond donors (Lipinski definition) is 2. The number of carbonyl (C=O) groups is 2. The van der Waals surface area contributed by atoms with E-state index in [2.05, 4.69) is 21.1 Å². The van der Waals surface area contributed by atoms with E-state index in [-0.39, 0.29) is 11.8 Å². The number of hydrogen-bond acceptors (Lipinski definition) is 10. The summed E-state index contributed by atoms with van der Waals surface area (Å²) in [5.74, 6) is 2.80. The fraction of sp³-hybridized carbons (Fsp3) is 0.500. The summed E-state index contributed by atoms with van der Waals surface area (Å²) in [5.41, 5.74) is 6.55. The molecule has 2 rings (SSSR count). The first kappa shape index (κ1) is 35.7. The lowest BCUT2D eigenvalue weighted by molar-refractivity contribution is -0.122. The van der Waals surface area contributed by atoms with Crippen molar-refractivity contribution in [3.63, 3.8) is 0 Å². The smallest absolute Gasteiger partial charge is 0.240 e. The summed E-state index contributed by atoms with van der Waals surface area (Å²) < 4.78 is 31.9. The number of hydrazone groups is 2. The Balaban J connectivity index is 1.54. The van der Waals surface area contributed by atoms with E-state index >= 15 is 0 Å². The van der Waals surface area contributed by atoms with Crippen LogP contribution in [-0.4, -0.2) is 66.9 Å². The van der Waals surface area contributed by atoms with Crippen molar-refractivity contribution in [1.82, 2.24) is 10.9 Å². The molecule has 0 unspecified atom stereocenters. The van der Waals surface area contributed by atoms with Gasteiger partial charge in [0.1, 0.15) is 0 Å². The maximum absolute atomic E-state index is 12.1. The lowest BCUT2D eigenvalue weighted by Crippen LogP contribution is -2.17. The van der Waals surface area contributed by atoms with Gasteiger partial charge in [-0.2, -0.15) is 10.2 Å². The first-order valence-electron chi connectivity index (χ1n) is 14.6. The van der Waals surface area contributed by atoms with Crippen LogP contribution in [0.2, 0.25) is 0 Å². The molecule has 0 aromatic heterocycles. The molecular formula is C32H46N4O8. The molecule has 0 aliphatic rings. The van der Waals surface area contributed by atoms with E-state index in [1.54, 1.807) is 66.9 Å². The molecule has 0 radical (unpaired) electrons. The number of unbranched alkanes of at least 4 members (excludes halogenated alkanes) is 7. The number of carbonyl (C=O) groups excluding carboxylic acids is 2. The van der Waals surface area contributed by atoms with Gasteiger partial charge in [0.25, 0.3) is 0 Å². The van der Waals surface area contributed by atoms with Crippen molar-refractivity contribution >= 4 is 24.2 Å². The minimum absolute atomic E-state index is 0.125. The van der Waals surface area contributed by atoms with Crippen LogP contribution in [0.1, 0.15) is 75.3 Å². The van der Waals surface area contributed by atoms with Crippen molar-refractivity contribution in [2.24, 2.45) is 10.2 Å². The van der Waals surface area contributed by atoms with Crippen LogP contribution in [0.5, 0.6) is 34.5 Å². The van der Waals surface area contributed by atoms with Crippen molar-refractivity contribution in [1.29, 1.82) is 0 Å². The summed E-state index contributed by atoms with van der Waals surface area (Å²) in [6.07, 6.45) is 11.8. The first-order chi connectivity index (χ1) is 21.4. The van der Waals surface area contributed by atoms with Gasteiger partial charge < -0.3 is 28.4 Å². The summed E-state index contributed by atoms with van der Waals surface area (Å²) in [6.45, 7) is 0. The van der Waals surface area contributed by atoms with E-state index in [9.17, 15) is 9.59 Å². The van der Waals surface area contributed by atoms with Gasteiger partial charge in [0, 0.05) is 24.0 Å². The van der Waals surface area contributed by atoms with Gasteiger partial charge in [-0.05, 0) is 37.1 Å². The van der Waals surface area contributed by atoms with Gasteiger partial charge in [-0.1, -0.05) is 38.5 Å². The molecule has 2 amide bonds. The molecule has 0 heterocycles. The maximum Gasteiger partial charge on any atom is 0.240 e. The third kappa shape index (κ3) is 12.0. The minimum Gasteiger partial charge on any atom is -0.493 e. The molecule has 0 saturated carbocycles. The molecule has 12 heteroatoms. The van der Waals surface area contributed by atoms with E-state index in [0.29, 0.717) is 58.5 Å². The number of rotatable bonds is 21. The molecule has 12 nitrogen and oxygen atoms in total. The molecule has 242 valence electrons. The van der Waals surface area contributed by atoms with Gasteiger partial charge in [0.05, 0.1) is 55.1 Å². The van der Waals surface area contributed by atoms with Gasteiger partial charge in [-0.25, -0.2) is 10.9 Å². The molecule has 0 saturated heterocycles. The molecule has 2 aromatic rings. The number of amides is 2. The average Bonchev–Trinajstić information content (AvgIpc) is 3.04. The molecular weight excluding hydrogens is 568 g/mol. The predicted molar refractivity (Wildman–Crippen MR) is 170 cm³/mol. The van der Waals surface area contributed by atoms with E-state index in [1.165, 1.54) is 12.4 Å². The Morgan fingerprint density at radius 1 is 0.523 bits per heavy atom. The standard InChI is InChI=1S/C32H46N4O8/c1-39-25-17-23(18-26(40-2)31(25)43-5)21-33-35-29(37)15-13-11-9-7-8-10-12-14-16-30(38)36-34-22-24-19-27(41-3)32(44-6)28(20-24)42-4/h17-22H,7-16H2,1-6H3,(H,35,37)(H,36,38)/b33-21-,34-22+. The van der Waals surface area contributed by atoms with Crippen LogP contribution in [0.15, 0.2) is 34.5 Å². The quantitative estimate of drug-likeness (QED) is 0.111. The van der Waals surface area contributed by atoms with Crippen molar-refractivity contribution in [3.8, 4) is 34.5 Å². The fourth-order valence-corrected chi connectivity index (χ4v) is 4.45. The summed E-state index contributed by atoms with van der Waals surface area (Å²) in [7, 11) is 9.25. The summed E-state index contributed by atoms with van der Waals surface area (Å²) >= 11 is 0. The number of nitrogens with one attached hydrogen (secondary N) is 2. The number of benzene rings is 2. The van der Waals surface area contributed by atoms with Gasteiger partial charge in [0.2, 0.25) is 23.3 Å². The van der Waals surface area contributed by atoms with Gasteiger partial charge >= 0.3 is 0 Å². The third-order valence-electron chi connectivity index (χ3n) is 6.74. The molecule has 0 spiro atoms. The Morgan fingerprint density at radius 3 is 1.09 bits per heavy atom. The highest BCUT2D eigenvalue weighted by Crippen LogP contribution is 2.38. The average molecular weight is 615 g/mol. The number of ether oxygens (including phenoxy) is 6. The summed E-state index contributed by atoms with van der Waals surface area (Å²) in [6, 6.07) is 7.01. The maximum atomic E-state index is 12.1. The van der Waals surface area contributed by atoms with E-state index in [4.69, 9.17) is 28.4 Å². The summed E-state index contributed by atoms with van der Waals surface area (Å²) in [5, 5.41) is 8.08. The zero-order chi connectivity index (χ0) is 32.2. The predicted octanol–water partition coefficient (Wildman–Crippen LogP) is 5.24. The van der Waals surface area contributed by atoms with Crippen molar-refractivity contribution in [2.75, 3.05) is 42.7 Å². The van der Waals surface area contributed by atoms with Crippen LogP contribution in [0, 0.1) is 0 Å². The topological polar surface area (TPSA) is 138 Å². The van der Waals surface area contributed by atoms with E-state index < -0.39 is 0 Å². The Hall–Kier alpha value is -4.48. The Kier molecular flexibility index (Phi) is 16.6. The monoisotopic (exact) mass is 614 g/mol. The van der Waals surface area contributed by atoms with Gasteiger partial charge in [-0.15, -0.1) is 0 Å². The molecule has 0 fully saturated rings. The highest BCUT2D eigenvalue weighted by molar-refractivity contribution is 5.85. The van der Waals surface area contributed by atoms with Crippen LogP contribution in [0.25, 0.3) is 0 Å². The lowest BCUT2D eigenvalue weighted by Gasteiger charge is -2.12. The third-order valence-corrected chi connectivity index (χ3v) is 6.74. The van der Waals surface area contributed by atoms with Gasteiger partial charge in [-0.3, -0.25) is 9.59 Å². The highest BCUT2D eigenvalue weighted by Gasteiger charge is 2.13. The molecule has 0 atom stereocenters. The van der Waals surface area contributed by atoms with Crippen molar-refractivity contribution < 1.29 is 38.0 Å². The van der Waals surface area contributed by atoms with E-state index in [1.807, 2.05) is 0 Å². The number of methoxy groups -OCH3 is 6. The second-order valence-corrected chi connectivity index (χ2v) is 9.83. The van der Waals surface area contributed by atoms with Crippen LogP contribution in [0.4, 0.5) is 0 Å². The second-order valence-electron chi connectivity index (χ2n) is 9.83. The normalized spacial score (nSPS) is 11.0. The van der Waals surface area contributed by atoms with Crippen LogP contribution >= 0.6 is 0 Å². The van der Waals surface area contributed by atoms with E-state index in [0.717, 1.165) is 51.4 Å². The Bertz CT molecular complexity index is 1100. The molecule has 2 aromatic carbocycles. The van der Waals surface area contributed by atoms with Crippen molar-refractivity contribution in [2.45, 2.75) is 64.2 Å². The van der Waals surface area contributed by atoms with Crippen molar-refractivity contribution in [3.05, 3.63) is 35.4 Å². The Morgan fingerprint density at radius 2 is 0.818 bits per heavy atom. The molecule has 0 bridgehead atoms. The molecule has 0 aliphatic heterocycles. The SMILES string of the molecule is COc1cc(/C=N\NC(=O)CCCCCCCCCCC(=O)N/N=C/c2cc(OC)c(OC)c(OC)c2)cc(OC)c1OC. The number of nitrogens with zero attached hydrogens (tertiary/aromatic N) is 2. The zero-order valence-electron chi connectivity index (χ0n) is 26.7. The minimum atomic E-state index is -0.125. The molecule has 2 N–H and O–H groups in total. The van der Waals surface area contributed by atoms with Gasteiger partial charge in [0.15, 0.2) is 23.0 Å². The molecule has 44 heavy (non-hydrogen) atoms. The Labute approximate surface area is 260 Å².